The summed E-state index contributed by atoms with van der Waals surface area (Å²) in [5.41, 5.74) is -0.0775. The summed E-state index contributed by atoms with van der Waals surface area (Å²) in [5, 5.41) is 6.88. The highest BCUT2D eigenvalue weighted by molar-refractivity contribution is 7.16. The lowest BCUT2D eigenvalue weighted by molar-refractivity contribution is 0.619. The summed E-state index contributed by atoms with van der Waals surface area (Å²) in [6, 6.07) is 1.81. The van der Waals surface area contributed by atoms with Crippen molar-refractivity contribution in [3.05, 3.63) is 39.8 Å². The molecular weight excluding hydrogens is 258 g/mol. The van der Waals surface area contributed by atoms with Gasteiger partial charge in [-0.25, -0.2) is 4.98 Å². The van der Waals surface area contributed by atoms with Gasteiger partial charge in [0.1, 0.15) is 10.7 Å². The number of aromatic nitrogens is 2. The first-order valence-electron chi connectivity index (χ1n) is 6.42. The first-order valence-corrected chi connectivity index (χ1v) is 7.30. The molecule has 0 radical (unpaired) electrons. The molecule has 3 rings (SSSR count). The van der Waals surface area contributed by atoms with Crippen LogP contribution in [-0.2, 0) is 0 Å². The van der Waals surface area contributed by atoms with Gasteiger partial charge in [-0.15, -0.1) is 11.3 Å². The Morgan fingerprint density at radius 3 is 3.21 bits per heavy atom. The zero-order valence-electron chi connectivity index (χ0n) is 10.7. The molecule has 0 amide bonds. The number of hydrogen-bond donors (Lipinski definition) is 0. The third-order valence-corrected chi connectivity index (χ3v) is 4.15. The third kappa shape index (κ3) is 2.38. The Morgan fingerprint density at radius 1 is 1.53 bits per heavy atom. The van der Waals surface area contributed by atoms with E-state index in [2.05, 4.69) is 22.2 Å². The van der Waals surface area contributed by atoms with E-state index in [0.717, 1.165) is 24.1 Å². The minimum Gasteiger partial charge on any atom is -0.267 e. The Hall–Kier alpha value is -1.75. The fourth-order valence-corrected chi connectivity index (χ4v) is 3.06. The van der Waals surface area contributed by atoms with E-state index < -0.39 is 0 Å². The van der Waals surface area contributed by atoms with Gasteiger partial charge in [0.15, 0.2) is 0 Å². The van der Waals surface area contributed by atoms with Crippen molar-refractivity contribution in [1.29, 1.82) is 0 Å². The Labute approximate surface area is 115 Å². The first kappa shape index (κ1) is 12.3. The van der Waals surface area contributed by atoms with Gasteiger partial charge in [0.2, 0.25) is 0 Å². The van der Waals surface area contributed by atoms with Crippen LogP contribution in [-0.4, -0.2) is 15.9 Å². The fraction of sp³-hybridized carbons (Fsp3) is 0.357. The Morgan fingerprint density at radius 2 is 2.42 bits per heavy atom. The number of thiophene rings is 1. The van der Waals surface area contributed by atoms with E-state index in [1.807, 2.05) is 24.6 Å². The van der Waals surface area contributed by atoms with Crippen molar-refractivity contribution in [2.45, 2.75) is 26.2 Å². The predicted molar refractivity (Wildman–Crippen MR) is 79.0 cm³/mol. The van der Waals surface area contributed by atoms with Crippen molar-refractivity contribution in [3.63, 3.8) is 0 Å². The summed E-state index contributed by atoms with van der Waals surface area (Å²) < 4.78 is 1.41. The van der Waals surface area contributed by atoms with Gasteiger partial charge in [-0.1, -0.05) is 12.2 Å². The summed E-state index contributed by atoms with van der Waals surface area (Å²) in [4.78, 5) is 17.5. The van der Waals surface area contributed by atoms with Crippen molar-refractivity contribution in [1.82, 2.24) is 9.66 Å². The molecule has 0 spiro atoms. The lowest BCUT2D eigenvalue weighted by Crippen LogP contribution is -2.20. The number of allylic oxidation sites excluding steroid dienone is 2. The van der Waals surface area contributed by atoms with Crippen LogP contribution in [0, 0.1) is 12.8 Å². The molecule has 0 saturated carbocycles. The SMILES string of the molecule is Cc1nc2sccc2c(=O)n1/N=C\[C@@H]1CC=CCC1. The lowest BCUT2D eigenvalue weighted by Gasteiger charge is -2.12. The van der Waals surface area contributed by atoms with Gasteiger partial charge in [0.05, 0.1) is 5.39 Å². The van der Waals surface area contributed by atoms with Gasteiger partial charge in [0, 0.05) is 6.21 Å². The van der Waals surface area contributed by atoms with E-state index in [0.29, 0.717) is 17.1 Å². The van der Waals surface area contributed by atoms with Gasteiger partial charge in [-0.05, 0) is 43.6 Å². The summed E-state index contributed by atoms with van der Waals surface area (Å²) in [5.74, 6) is 1.07. The second-order valence-corrected chi connectivity index (χ2v) is 5.62. The molecule has 1 aliphatic carbocycles. The number of aryl methyl sites for hydroxylation is 1. The summed E-state index contributed by atoms with van der Waals surface area (Å²) in [6.45, 7) is 1.82. The van der Waals surface area contributed by atoms with E-state index >= 15 is 0 Å². The maximum Gasteiger partial charge on any atom is 0.282 e. The summed E-state index contributed by atoms with van der Waals surface area (Å²) in [7, 11) is 0. The third-order valence-electron chi connectivity index (χ3n) is 3.34. The minimum atomic E-state index is -0.0775. The van der Waals surface area contributed by atoms with Gasteiger partial charge in [0.25, 0.3) is 5.56 Å². The standard InChI is InChI=1S/C14H15N3OS/c1-10-16-13-12(7-8-19-13)14(18)17(10)15-9-11-5-3-2-4-6-11/h2-3,7-9,11H,4-6H2,1H3/b15-9-/t11-/m1/s1. The molecular formula is C14H15N3OS. The molecule has 4 nitrogen and oxygen atoms in total. The molecule has 0 aromatic carbocycles. The van der Waals surface area contributed by atoms with E-state index in [4.69, 9.17) is 0 Å². The summed E-state index contributed by atoms with van der Waals surface area (Å²) in [6.07, 6.45) is 9.45. The van der Waals surface area contributed by atoms with Crippen LogP contribution in [0.1, 0.15) is 25.1 Å². The largest absolute Gasteiger partial charge is 0.282 e. The fourth-order valence-electron chi connectivity index (χ4n) is 2.26. The highest BCUT2D eigenvalue weighted by Gasteiger charge is 2.10. The molecule has 1 aliphatic rings. The maximum atomic E-state index is 12.3. The highest BCUT2D eigenvalue weighted by Crippen LogP contribution is 2.17. The zero-order chi connectivity index (χ0) is 13.2. The molecule has 1 atom stereocenters. The summed E-state index contributed by atoms with van der Waals surface area (Å²) >= 11 is 1.49. The van der Waals surface area contributed by atoms with E-state index in [9.17, 15) is 4.79 Å². The Bertz CT molecular complexity index is 711. The quantitative estimate of drug-likeness (QED) is 0.624. The average molecular weight is 273 g/mol. The molecule has 98 valence electrons. The van der Waals surface area contributed by atoms with Crippen molar-refractivity contribution < 1.29 is 0 Å². The molecule has 0 N–H and O–H groups in total. The van der Waals surface area contributed by atoms with Gasteiger partial charge in [-0.2, -0.15) is 9.78 Å². The molecule has 2 heterocycles. The topological polar surface area (TPSA) is 47.2 Å². The Kier molecular flexibility index (Phi) is 3.29. The molecule has 0 saturated heterocycles. The van der Waals surface area contributed by atoms with Crippen LogP contribution in [0.2, 0.25) is 0 Å². The molecule has 0 aliphatic heterocycles. The van der Waals surface area contributed by atoms with Crippen LogP contribution in [0.3, 0.4) is 0 Å². The van der Waals surface area contributed by atoms with Crippen molar-refractivity contribution >= 4 is 27.8 Å². The molecule has 2 aromatic heterocycles. The smallest absolute Gasteiger partial charge is 0.267 e. The molecule has 19 heavy (non-hydrogen) atoms. The first-order chi connectivity index (χ1) is 9.25. The van der Waals surface area contributed by atoms with Gasteiger partial charge in [-0.3, -0.25) is 4.79 Å². The second-order valence-electron chi connectivity index (χ2n) is 4.72. The van der Waals surface area contributed by atoms with Crippen LogP contribution in [0.25, 0.3) is 10.2 Å². The molecule has 2 aromatic rings. The molecule has 0 unspecified atom stereocenters. The van der Waals surface area contributed by atoms with Crippen LogP contribution >= 0.6 is 11.3 Å². The van der Waals surface area contributed by atoms with Crippen LogP contribution in [0.5, 0.6) is 0 Å². The lowest BCUT2D eigenvalue weighted by atomic mass is 9.96. The molecule has 0 bridgehead atoms. The maximum absolute atomic E-state index is 12.3. The normalized spacial score (nSPS) is 19.5. The minimum absolute atomic E-state index is 0.0775. The number of nitrogens with zero attached hydrogens (tertiary/aromatic N) is 3. The highest BCUT2D eigenvalue weighted by atomic mass is 32.1. The van der Waals surface area contributed by atoms with Crippen LogP contribution < -0.4 is 5.56 Å². The van der Waals surface area contributed by atoms with Crippen LogP contribution in [0.4, 0.5) is 0 Å². The van der Waals surface area contributed by atoms with Gasteiger partial charge >= 0.3 is 0 Å². The average Bonchev–Trinajstić information content (AvgIpc) is 2.88. The zero-order valence-corrected chi connectivity index (χ0v) is 11.6. The van der Waals surface area contributed by atoms with Crippen LogP contribution in [0.15, 0.2) is 33.5 Å². The number of fused-ring (bicyclic) bond motifs is 1. The monoisotopic (exact) mass is 273 g/mol. The number of hydrogen-bond acceptors (Lipinski definition) is 4. The van der Waals surface area contributed by atoms with Crippen molar-refractivity contribution in [3.8, 4) is 0 Å². The van der Waals surface area contributed by atoms with Crippen molar-refractivity contribution in [2.75, 3.05) is 0 Å². The van der Waals surface area contributed by atoms with E-state index in [1.165, 1.54) is 16.0 Å². The molecule has 5 heteroatoms. The Balaban J connectivity index is 1.98. The van der Waals surface area contributed by atoms with E-state index in [-0.39, 0.29) is 5.56 Å². The molecule has 0 fully saturated rings. The van der Waals surface area contributed by atoms with Crippen molar-refractivity contribution in [2.24, 2.45) is 11.0 Å². The van der Waals surface area contributed by atoms with Gasteiger partial charge < -0.3 is 0 Å². The predicted octanol–water partition coefficient (Wildman–Crippen LogP) is 2.96. The number of rotatable bonds is 2. The second kappa shape index (κ2) is 5.09. The van der Waals surface area contributed by atoms with E-state index in [1.54, 1.807) is 0 Å².